The molecule has 0 aliphatic heterocycles. The minimum Gasteiger partial charge on any atom is -0.382 e. The predicted molar refractivity (Wildman–Crippen MR) is 57.6 cm³/mol. The first kappa shape index (κ1) is 8.12. The first-order valence-corrected chi connectivity index (χ1v) is 4.69. The Balaban J connectivity index is 2.92. The van der Waals surface area contributed by atoms with E-state index in [0.29, 0.717) is 15.2 Å². The van der Waals surface area contributed by atoms with Crippen LogP contribution in [-0.4, -0.2) is 19.3 Å². The van der Waals surface area contributed by atoms with Gasteiger partial charge in [-0.25, -0.2) is 15.0 Å². The van der Waals surface area contributed by atoms with Gasteiger partial charge in [0, 0.05) is 22.6 Å². The Labute approximate surface area is 84.2 Å². The van der Waals surface area contributed by atoms with Crippen molar-refractivity contribution in [2.45, 2.75) is 0 Å². The molecule has 7 heteroatoms. The Bertz CT molecular complexity index is 439. The smallest absolute Gasteiger partial charge is 0.194 e. The fraction of sp³-hybridized carbons (Fsp3) is 0. The maximum absolute atomic E-state index is 5.63. The summed E-state index contributed by atoms with van der Waals surface area (Å²) in [5.41, 5.74) is 7.01. The normalized spacial score (nSPS) is 10.8. The Kier molecular flexibility index (Phi) is 1.88. The molecule has 0 amide bonds. The first-order chi connectivity index (χ1) is 5.68. The lowest BCUT2D eigenvalue weighted by molar-refractivity contribution is 1.13. The monoisotopic (exact) mass is 293 g/mol. The fourth-order valence-electron chi connectivity index (χ4n) is 0.911. The van der Waals surface area contributed by atoms with E-state index in [1.54, 1.807) is 10.7 Å². The Hall–Kier alpha value is -0.490. The van der Waals surface area contributed by atoms with Gasteiger partial charge in [0.2, 0.25) is 0 Å². The van der Waals surface area contributed by atoms with Crippen LogP contribution in [0.25, 0.3) is 11.2 Å². The third-order valence-corrected chi connectivity index (χ3v) is 2.28. The van der Waals surface area contributed by atoms with Gasteiger partial charge in [-0.1, -0.05) is 0 Å². The number of hydrogen-bond acceptors (Lipinski definition) is 4. The quantitative estimate of drug-likeness (QED) is 0.440. The van der Waals surface area contributed by atoms with Crippen LogP contribution in [0.4, 0.5) is 5.82 Å². The molecule has 1 atom stereocenters. The first-order valence-electron chi connectivity index (χ1n) is 3.09. The summed E-state index contributed by atoms with van der Waals surface area (Å²) < 4.78 is 2.36. The van der Waals surface area contributed by atoms with Crippen molar-refractivity contribution < 1.29 is 0 Å². The molecule has 1 unspecified atom stereocenters. The number of nitrogen functional groups attached to an aromatic ring is 1. The van der Waals surface area contributed by atoms with Gasteiger partial charge < -0.3 is 5.73 Å². The highest BCUT2D eigenvalue weighted by molar-refractivity contribution is 14.1. The molecule has 2 aromatic rings. The van der Waals surface area contributed by atoms with E-state index in [1.807, 2.05) is 22.6 Å². The van der Waals surface area contributed by atoms with Crippen molar-refractivity contribution in [1.82, 2.24) is 19.3 Å². The molecule has 0 aliphatic carbocycles. The van der Waals surface area contributed by atoms with Crippen molar-refractivity contribution in [3.63, 3.8) is 0 Å². The minimum atomic E-state index is 0.422. The molecule has 0 radical (unpaired) electrons. The standard InChI is InChI=1S/C5H5IN5P/c6-5-9-3(7)2-4(10-5)11(12)1-8-2/h1H,12H2,(H2,7,9,10). The molecular formula is C5H5IN5P. The highest BCUT2D eigenvalue weighted by atomic mass is 127. The maximum atomic E-state index is 5.63. The van der Waals surface area contributed by atoms with Crippen molar-refractivity contribution in [3.8, 4) is 0 Å². The van der Waals surface area contributed by atoms with Crippen LogP contribution in [0, 0.1) is 3.83 Å². The number of rotatable bonds is 0. The summed E-state index contributed by atoms with van der Waals surface area (Å²) in [6.45, 7) is 0. The van der Waals surface area contributed by atoms with E-state index in [1.165, 1.54) is 0 Å². The van der Waals surface area contributed by atoms with E-state index >= 15 is 0 Å². The fourth-order valence-corrected chi connectivity index (χ4v) is 1.65. The molecule has 12 heavy (non-hydrogen) atoms. The van der Waals surface area contributed by atoms with E-state index in [0.717, 1.165) is 5.65 Å². The average molecular weight is 293 g/mol. The summed E-state index contributed by atoms with van der Waals surface area (Å²) in [6.07, 6.45) is 1.64. The molecule has 0 aliphatic rings. The molecule has 62 valence electrons. The van der Waals surface area contributed by atoms with Gasteiger partial charge in [-0.3, -0.25) is 4.34 Å². The summed E-state index contributed by atoms with van der Waals surface area (Å²) >= 11 is 2.02. The number of hydrogen-bond donors (Lipinski definition) is 1. The van der Waals surface area contributed by atoms with E-state index in [2.05, 4.69) is 24.3 Å². The van der Waals surface area contributed by atoms with Crippen molar-refractivity contribution in [1.29, 1.82) is 0 Å². The van der Waals surface area contributed by atoms with Crippen LogP contribution >= 0.6 is 32.0 Å². The molecule has 5 nitrogen and oxygen atoms in total. The van der Waals surface area contributed by atoms with E-state index in [9.17, 15) is 0 Å². The summed E-state index contributed by atoms with van der Waals surface area (Å²) in [6, 6.07) is 0. The summed E-state index contributed by atoms with van der Waals surface area (Å²) in [7, 11) is 2.48. The number of aromatic nitrogens is 4. The second-order valence-corrected chi connectivity index (χ2v) is 3.72. The summed E-state index contributed by atoms with van der Waals surface area (Å²) in [4.78, 5) is 12.2. The zero-order valence-corrected chi connectivity index (χ0v) is 9.21. The number of imidazole rings is 1. The van der Waals surface area contributed by atoms with Gasteiger partial charge >= 0.3 is 0 Å². The van der Waals surface area contributed by atoms with Gasteiger partial charge in [-0.15, -0.1) is 0 Å². The molecule has 2 N–H and O–H groups in total. The van der Waals surface area contributed by atoms with Gasteiger partial charge in [-0.05, 0) is 9.39 Å². The number of halogens is 1. The molecule has 0 fully saturated rings. The molecule has 0 saturated carbocycles. The van der Waals surface area contributed by atoms with Crippen molar-refractivity contribution in [2.75, 3.05) is 5.73 Å². The van der Waals surface area contributed by atoms with Gasteiger partial charge in [0.1, 0.15) is 6.33 Å². The summed E-state index contributed by atoms with van der Waals surface area (Å²) in [5, 5.41) is 0. The second-order valence-electron chi connectivity index (χ2n) is 2.20. The number of nitrogens with zero attached hydrogens (tertiary/aromatic N) is 4. The van der Waals surface area contributed by atoms with E-state index in [-0.39, 0.29) is 0 Å². The highest BCUT2D eigenvalue weighted by Crippen LogP contribution is 2.17. The van der Waals surface area contributed by atoms with E-state index in [4.69, 9.17) is 5.73 Å². The number of fused-ring (bicyclic) bond motifs is 1. The van der Waals surface area contributed by atoms with Crippen molar-refractivity contribution in [2.24, 2.45) is 0 Å². The van der Waals surface area contributed by atoms with Crippen molar-refractivity contribution in [3.05, 3.63) is 10.2 Å². The Morgan fingerprint density at radius 1 is 1.50 bits per heavy atom. The third-order valence-electron chi connectivity index (χ3n) is 1.42. The van der Waals surface area contributed by atoms with Crippen LogP contribution in [0.5, 0.6) is 0 Å². The van der Waals surface area contributed by atoms with Gasteiger partial charge in [0.15, 0.2) is 20.8 Å². The third kappa shape index (κ3) is 1.15. The van der Waals surface area contributed by atoms with Crippen LogP contribution in [0.2, 0.25) is 0 Å². The highest BCUT2D eigenvalue weighted by Gasteiger charge is 2.06. The van der Waals surface area contributed by atoms with Gasteiger partial charge in [-0.2, -0.15) is 0 Å². The number of anilines is 1. The van der Waals surface area contributed by atoms with E-state index < -0.39 is 0 Å². The minimum absolute atomic E-state index is 0.422. The second kappa shape index (κ2) is 2.77. The van der Waals surface area contributed by atoms with Crippen LogP contribution in [0.3, 0.4) is 0 Å². The zero-order valence-electron chi connectivity index (χ0n) is 5.90. The Morgan fingerprint density at radius 2 is 2.25 bits per heavy atom. The molecule has 0 bridgehead atoms. The lowest BCUT2D eigenvalue weighted by Crippen LogP contribution is -1.97. The molecule has 2 aromatic heterocycles. The average Bonchev–Trinajstić information content (AvgIpc) is 2.33. The predicted octanol–water partition coefficient (Wildman–Crippen LogP) is 0.651. The zero-order chi connectivity index (χ0) is 8.72. The lowest BCUT2D eigenvalue weighted by atomic mass is 10.5. The molecular weight excluding hydrogens is 288 g/mol. The molecule has 2 heterocycles. The molecule has 0 aromatic carbocycles. The van der Waals surface area contributed by atoms with Crippen LogP contribution in [-0.2, 0) is 0 Å². The number of nitrogens with two attached hydrogens (primary N) is 1. The molecule has 0 saturated heterocycles. The molecule has 2 rings (SSSR count). The van der Waals surface area contributed by atoms with Gasteiger partial charge in [0.05, 0.1) is 0 Å². The van der Waals surface area contributed by atoms with Gasteiger partial charge in [0.25, 0.3) is 0 Å². The SMILES string of the molecule is Nc1nc(I)nc2c1ncn2P. The van der Waals surface area contributed by atoms with Crippen molar-refractivity contribution >= 4 is 49.0 Å². The summed E-state index contributed by atoms with van der Waals surface area (Å²) in [5.74, 6) is 0.422. The maximum Gasteiger partial charge on any atom is 0.194 e. The van der Waals surface area contributed by atoms with Crippen LogP contribution in [0.15, 0.2) is 6.33 Å². The molecule has 0 spiro atoms. The lowest BCUT2D eigenvalue weighted by Gasteiger charge is -1.96. The topological polar surface area (TPSA) is 69.6 Å². The van der Waals surface area contributed by atoms with Crippen LogP contribution in [0.1, 0.15) is 0 Å². The Morgan fingerprint density at radius 3 is 3.00 bits per heavy atom. The van der Waals surface area contributed by atoms with Crippen LogP contribution < -0.4 is 5.73 Å². The largest absolute Gasteiger partial charge is 0.382 e.